The van der Waals surface area contributed by atoms with Crippen LogP contribution in [0.5, 0.6) is 0 Å². The Morgan fingerprint density at radius 2 is 1.82 bits per heavy atom. The van der Waals surface area contributed by atoms with Crippen molar-refractivity contribution in [2.24, 2.45) is 5.92 Å². The van der Waals surface area contributed by atoms with E-state index < -0.39 is 0 Å². The number of rotatable bonds is 7. The van der Waals surface area contributed by atoms with Crippen LogP contribution >= 0.6 is 11.6 Å². The summed E-state index contributed by atoms with van der Waals surface area (Å²) in [6.07, 6.45) is 2.33. The van der Waals surface area contributed by atoms with Gasteiger partial charge in [-0.25, -0.2) is 9.07 Å². The van der Waals surface area contributed by atoms with Gasteiger partial charge in [-0.3, -0.25) is 9.69 Å². The zero-order valence-electron chi connectivity index (χ0n) is 19.1. The van der Waals surface area contributed by atoms with E-state index in [0.29, 0.717) is 24.3 Å². The van der Waals surface area contributed by atoms with Gasteiger partial charge in [-0.05, 0) is 62.0 Å². The number of aryl methyl sites for hydroxylation is 1. The van der Waals surface area contributed by atoms with Crippen molar-refractivity contribution in [3.8, 4) is 0 Å². The summed E-state index contributed by atoms with van der Waals surface area (Å²) in [6, 6.07) is 16.6. The highest BCUT2D eigenvalue weighted by molar-refractivity contribution is 6.33. The molecule has 1 aliphatic heterocycles. The van der Waals surface area contributed by atoms with Gasteiger partial charge >= 0.3 is 0 Å². The van der Waals surface area contributed by atoms with Gasteiger partial charge in [0.2, 0.25) is 0 Å². The van der Waals surface area contributed by atoms with Crippen LogP contribution < -0.4 is 5.32 Å². The van der Waals surface area contributed by atoms with Crippen molar-refractivity contribution >= 4 is 17.5 Å². The fourth-order valence-electron chi connectivity index (χ4n) is 4.43. The molecule has 1 N–H and O–H groups in total. The fourth-order valence-corrected chi connectivity index (χ4v) is 4.75. The third kappa shape index (κ3) is 5.63. The summed E-state index contributed by atoms with van der Waals surface area (Å²) in [6.45, 7) is 6.98. The molecule has 0 aliphatic carbocycles. The number of halogens is 2. The van der Waals surface area contributed by atoms with Gasteiger partial charge in [0.25, 0.3) is 5.91 Å². The van der Waals surface area contributed by atoms with E-state index in [4.69, 9.17) is 11.6 Å². The van der Waals surface area contributed by atoms with Crippen LogP contribution in [0.2, 0.25) is 5.15 Å². The van der Waals surface area contributed by atoms with Crippen molar-refractivity contribution in [1.82, 2.24) is 20.0 Å². The molecule has 1 amide bonds. The van der Waals surface area contributed by atoms with Crippen molar-refractivity contribution in [3.63, 3.8) is 0 Å². The Labute approximate surface area is 199 Å². The molecule has 1 unspecified atom stereocenters. The average molecular weight is 469 g/mol. The molecule has 0 saturated carbocycles. The molecular weight excluding hydrogens is 439 g/mol. The summed E-state index contributed by atoms with van der Waals surface area (Å²) in [7, 11) is 0. The number of nitrogens with zero attached hydrogens (tertiary/aromatic N) is 3. The third-order valence-corrected chi connectivity index (χ3v) is 6.82. The zero-order valence-corrected chi connectivity index (χ0v) is 19.9. The Bertz CT molecular complexity index is 1080. The van der Waals surface area contributed by atoms with Gasteiger partial charge in [0.15, 0.2) is 0 Å². The Balaban J connectivity index is 1.48. The van der Waals surface area contributed by atoms with Crippen LogP contribution in [0.15, 0.2) is 54.6 Å². The van der Waals surface area contributed by atoms with E-state index in [0.717, 1.165) is 24.6 Å². The number of hydrogen-bond acceptors (Lipinski definition) is 3. The first-order valence-electron chi connectivity index (χ1n) is 11.5. The summed E-state index contributed by atoms with van der Waals surface area (Å²) < 4.78 is 14.8. The van der Waals surface area contributed by atoms with Crippen LogP contribution in [0.1, 0.15) is 53.0 Å². The van der Waals surface area contributed by atoms with Crippen LogP contribution in [0.3, 0.4) is 0 Å². The van der Waals surface area contributed by atoms with Crippen LogP contribution in [0, 0.1) is 18.7 Å². The standard InChI is InChI=1S/C26H30ClFN4O/c1-18-12-14-31(15-13-18)23(21-6-4-3-5-7-21)16-29-26(33)24-19(2)30-32(25(24)27)17-20-8-10-22(28)11-9-20/h3-11,18,23H,12-17H2,1-2H3,(H,29,33). The number of amides is 1. The van der Waals surface area contributed by atoms with Crippen molar-refractivity contribution in [1.29, 1.82) is 0 Å². The third-order valence-electron chi connectivity index (χ3n) is 6.44. The van der Waals surface area contributed by atoms with Gasteiger partial charge in [0.1, 0.15) is 11.0 Å². The van der Waals surface area contributed by atoms with E-state index in [2.05, 4.69) is 34.4 Å². The molecule has 0 bridgehead atoms. The lowest BCUT2D eigenvalue weighted by atomic mass is 9.95. The predicted molar refractivity (Wildman–Crippen MR) is 129 cm³/mol. The Morgan fingerprint density at radius 3 is 2.48 bits per heavy atom. The van der Waals surface area contributed by atoms with Gasteiger partial charge in [0.05, 0.1) is 23.8 Å². The smallest absolute Gasteiger partial charge is 0.256 e. The molecule has 7 heteroatoms. The number of carbonyl (C=O) groups excluding carboxylic acids is 1. The monoisotopic (exact) mass is 468 g/mol. The molecule has 1 aromatic heterocycles. The molecule has 1 saturated heterocycles. The van der Waals surface area contributed by atoms with E-state index in [9.17, 15) is 9.18 Å². The van der Waals surface area contributed by atoms with Crippen LogP contribution in [0.25, 0.3) is 0 Å². The van der Waals surface area contributed by atoms with Crippen molar-refractivity contribution in [3.05, 3.63) is 88.0 Å². The van der Waals surface area contributed by atoms with Crippen LogP contribution in [0.4, 0.5) is 4.39 Å². The summed E-state index contributed by atoms with van der Waals surface area (Å²) in [4.78, 5) is 15.6. The Hall–Kier alpha value is -2.70. The maximum Gasteiger partial charge on any atom is 0.256 e. The minimum absolute atomic E-state index is 0.107. The molecule has 2 aromatic carbocycles. The molecule has 5 nitrogen and oxygen atoms in total. The van der Waals surface area contributed by atoms with Gasteiger partial charge in [-0.1, -0.05) is 61.0 Å². The van der Waals surface area contributed by atoms with Crippen molar-refractivity contribution in [2.45, 2.75) is 39.3 Å². The number of piperidine rings is 1. The summed E-state index contributed by atoms with van der Waals surface area (Å²) >= 11 is 6.56. The lowest BCUT2D eigenvalue weighted by molar-refractivity contribution is 0.0912. The molecule has 33 heavy (non-hydrogen) atoms. The molecule has 1 atom stereocenters. The molecule has 2 heterocycles. The van der Waals surface area contributed by atoms with E-state index in [1.54, 1.807) is 23.7 Å². The average Bonchev–Trinajstić information content (AvgIpc) is 3.10. The van der Waals surface area contributed by atoms with Gasteiger partial charge in [-0.15, -0.1) is 0 Å². The number of likely N-dealkylation sites (tertiary alicyclic amines) is 1. The lowest BCUT2D eigenvalue weighted by Crippen LogP contribution is -2.42. The normalized spacial score (nSPS) is 16.0. The summed E-state index contributed by atoms with van der Waals surface area (Å²) in [5, 5.41) is 7.85. The highest BCUT2D eigenvalue weighted by atomic mass is 35.5. The SMILES string of the molecule is Cc1nn(Cc2ccc(F)cc2)c(Cl)c1C(=O)NCC(c1ccccc1)N1CCC(C)CC1. The topological polar surface area (TPSA) is 50.2 Å². The van der Waals surface area contributed by atoms with E-state index in [-0.39, 0.29) is 22.9 Å². The molecule has 1 fully saturated rings. The predicted octanol–water partition coefficient (Wildman–Crippen LogP) is 5.24. The van der Waals surface area contributed by atoms with Crippen molar-refractivity contribution in [2.75, 3.05) is 19.6 Å². The first kappa shape index (κ1) is 23.5. The van der Waals surface area contributed by atoms with Crippen LogP contribution in [-0.4, -0.2) is 40.2 Å². The Morgan fingerprint density at radius 1 is 1.15 bits per heavy atom. The Kier molecular flexibility index (Phi) is 7.46. The number of benzene rings is 2. The number of aromatic nitrogens is 2. The minimum atomic E-state index is -0.294. The number of hydrogen-bond donors (Lipinski definition) is 1. The first-order chi connectivity index (χ1) is 15.9. The first-order valence-corrected chi connectivity index (χ1v) is 11.8. The number of carbonyl (C=O) groups is 1. The molecular formula is C26H30ClFN4O. The second kappa shape index (κ2) is 10.5. The molecule has 1 aliphatic rings. The molecule has 174 valence electrons. The molecule has 0 spiro atoms. The van der Waals surface area contributed by atoms with Gasteiger partial charge < -0.3 is 5.32 Å². The zero-order chi connectivity index (χ0) is 23.4. The maximum atomic E-state index is 13.2. The molecule has 0 radical (unpaired) electrons. The lowest BCUT2D eigenvalue weighted by Gasteiger charge is -2.37. The highest BCUT2D eigenvalue weighted by Crippen LogP contribution is 2.27. The largest absolute Gasteiger partial charge is 0.350 e. The second-order valence-corrected chi connectivity index (χ2v) is 9.25. The molecule has 3 aromatic rings. The summed E-state index contributed by atoms with van der Waals surface area (Å²) in [5.41, 5.74) is 3.01. The van der Waals surface area contributed by atoms with Gasteiger partial charge in [-0.2, -0.15) is 5.10 Å². The van der Waals surface area contributed by atoms with Gasteiger partial charge in [0, 0.05) is 6.54 Å². The minimum Gasteiger partial charge on any atom is -0.350 e. The fraction of sp³-hybridized carbons (Fsp3) is 0.385. The van der Waals surface area contributed by atoms with E-state index in [1.165, 1.54) is 30.5 Å². The van der Waals surface area contributed by atoms with E-state index in [1.807, 2.05) is 18.2 Å². The molecule has 4 rings (SSSR count). The van der Waals surface area contributed by atoms with E-state index >= 15 is 0 Å². The number of nitrogens with one attached hydrogen (secondary N) is 1. The summed E-state index contributed by atoms with van der Waals surface area (Å²) in [5.74, 6) is 0.215. The van der Waals surface area contributed by atoms with Crippen molar-refractivity contribution < 1.29 is 9.18 Å². The highest BCUT2D eigenvalue weighted by Gasteiger charge is 2.26. The second-order valence-electron chi connectivity index (χ2n) is 8.89. The maximum absolute atomic E-state index is 13.2. The van der Waals surface area contributed by atoms with Crippen LogP contribution in [-0.2, 0) is 6.54 Å². The quantitative estimate of drug-likeness (QED) is 0.516.